The summed E-state index contributed by atoms with van der Waals surface area (Å²) in [6.45, 7) is 2.21. The van der Waals surface area contributed by atoms with Crippen molar-refractivity contribution in [2.75, 3.05) is 0 Å². The van der Waals surface area contributed by atoms with Gasteiger partial charge in [0.2, 0.25) is 0 Å². The van der Waals surface area contributed by atoms with Crippen molar-refractivity contribution < 1.29 is 9.13 Å². The standard InChI is InChI=1S/C15H14BrClFNO/c1-9(19)11-3-5-15(13(17)7-11)20-8-10-2-4-14(18)12(16)6-10/h2-7,9H,8,19H2,1H3/t9-/m0/s1. The maximum Gasteiger partial charge on any atom is 0.138 e. The molecule has 0 fully saturated rings. The van der Waals surface area contributed by atoms with Crippen molar-refractivity contribution in [3.8, 4) is 5.75 Å². The third-order valence-corrected chi connectivity index (χ3v) is 3.76. The van der Waals surface area contributed by atoms with Crippen LogP contribution in [-0.2, 0) is 6.61 Å². The van der Waals surface area contributed by atoms with Crippen molar-refractivity contribution in [3.63, 3.8) is 0 Å². The van der Waals surface area contributed by atoms with Gasteiger partial charge in [-0.25, -0.2) is 4.39 Å². The first-order valence-corrected chi connectivity index (χ1v) is 7.26. The van der Waals surface area contributed by atoms with Crippen LogP contribution in [0.25, 0.3) is 0 Å². The van der Waals surface area contributed by atoms with Gasteiger partial charge < -0.3 is 10.5 Å². The molecular formula is C15H14BrClFNO. The van der Waals surface area contributed by atoms with Gasteiger partial charge in [0, 0.05) is 6.04 Å². The molecule has 0 spiro atoms. The van der Waals surface area contributed by atoms with Crippen LogP contribution in [0.1, 0.15) is 24.1 Å². The first-order valence-electron chi connectivity index (χ1n) is 6.09. The van der Waals surface area contributed by atoms with E-state index >= 15 is 0 Å². The minimum Gasteiger partial charge on any atom is -0.487 e. The Bertz CT molecular complexity index is 619. The Labute approximate surface area is 130 Å². The van der Waals surface area contributed by atoms with Gasteiger partial charge >= 0.3 is 0 Å². The van der Waals surface area contributed by atoms with E-state index in [0.29, 0.717) is 21.9 Å². The van der Waals surface area contributed by atoms with Crippen molar-refractivity contribution in [2.45, 2.75) is 19.6 Å². The quantitative estimate of drug-likeness (QED) is 0.848. The summed E-state index contributed by atoms with van der Waals surface area (Å²) in [5.74, 6) is 0.282. The van der Waals surface area contributed by atoms with Crippen molar-refractivity contribution >= 4 is 27.5 Å². The van der Waals surface area contributed by atoms with Crippen LogP contribution in [-0.4, -0.2) is 0 Å². The summed E-state index contributed by atoms with van der Waals surface area (Å²) >= 11 is 9.29. The molecule has 0 aliphatic rings. The van der Waals surface area contributed by atoms with E-state index in [9.17, 15) is 4.39 Å². The van der Waals surface area contributed by atoms with E-state index in [1.807, 2.05) is 13.0 Å². The molecule has 0 aliphatic carbocycles. The predicted molar refractivity (Wildman–Crippen MR) is 82.5 cm³/mol. The first kappa shape index (κ1) is 15.3. The van der Waals surface area contributed by atoms with Gasteiger partial charge in [-0.3, -0.25) is 0 Å². The average molecular weight is 359 g/mol. The fraction of sp³-hybridized carbons (Fsp3) is 0.200. The van der Waals surface area contributed by atoms with Crippen molar-refractivity contribution in [1.82, 2.24) is 0 Å². The van der Waals surface area contributed by atoms with Gasteiger partial charge in [-0.05, 0) is 58.2 Å². The highest BCUT2D eigenvalue weighted by Gasteiger charge is 2.07. The van der Waals surface area contributed by atoms with Gasteiger partial charge in [0.1, 0.15) is 18.2 Å². The molecule has 20 heavy (non-hydrogen) atoms. The predicted octanol–water partition coefficient (Wildman–Crippen LogP) is 4.84. The van der Waals surface area contributed by atoms with Crippen molar-refractivity contribution in [2.24, 2.45) is 5.73 Å². The molecule has 0 heterocycles. The summed E-state index contributed by atoms with van der Waals surface area (Å²) in [6.07, 6.45) is 0. The lowest BCUT2D eigenvalue weighted by Crippen LogP contribution is -2.05. The Balaban J connectivity index is 2.09. The summed E-state index contributed by atoms with van der Waals surface area (Å²) in [4.78, 5) is 0. The zero-order valence-corrected chi connectivity index (χ0v) is 13.2. The Morgan fingerprint density at radius 1 is 1.30 bits per heavy atom. The highest BCUT2D eigenvalue weighted by atomic mass is 79.9. The van der Waals surface area contributed by atoms with E-state index in [4.69, 9.17) is 22.1 Å². The van der Waals surface area contributed by atoms with E-state index in [-0.39, 0.29) is 11.9 Å². The molecule has 2 rings (SSSR count). The largest absolute Gasteiger partial charge is 0.487 e. The average Bonchev–Trinajstić information content (AvgIpc) is 2.41. The van der Waals surface area contributed by atoms with Gasteiger partial charge in [0.25, 0.3) is 0 Å². The van der Waals surface area contributed by atoms with Crippen LogP contribution < -0.4 is 10.5 Å². The zero-order valence-electron chi connectivity index (χ0n) is 10.9. The lowest BCUT2D eigenvalue weighted by molar-refractivity contribution is 0.306. The molecule has 2 aromatic carbocycles. The highest BCUT2D eigenvalue weighted by molar-refractivity contribution is 9.10. The molecule has 2 aromatic rings. The second kappa shape index (κ2) is 6.57. The van der Waals surface area contributed by atoms with Crippen LogP contribution >= 0.6 is 27.5 Å². The molecule has 106 valence electrons. The number of hydrogen-bond donors (Lipinski definition) is 1. The van der Waals surface area contributed by atoms with Gasteiger partial charge in [-0.15, -0.1) is 0 Å². The van der Waals surface area contributed by atoms with Crippen LogP contribution in [0.2, 0.25) is 5.02 Å². The number of ether oxygens (including phenoxy) is 1. The minimum absolute atomic E-state index is 0.0744. The lowest BCUT2D eigenvalue weighted by atomic mass is 10.1. The molecule has 1 atom stereocenters. The summed E-state index contributed by atoms with van der Waals surface area (Å²) in [5.41, 5.74) is 7.59. The molecule has 0 aromatic heterocycles. The van der Waals surface area contributed by atoms with Gasteiger partial charge in [0.15, 0.2) is 0 Å². The fourth-order valence-electron chi connectivity index (χ4n) is 1.71. The molecule has 0 saturated carbocycles. The fourth-order valence-corrected chi connectivity index (χ4v) is 2.38. The molecule has 0 radical (unpaired) electrons. The second-order valence-corrected chi connectivity index (χ2v) is 5.78. The summed E-state index contributed by atoms with van der Waals surface area (Å²) in [7, 11) is 0. The van der Waals surface area contributed by atoms with Crippen LogP contribution in [0.5, 0.6) is 5.75 Å². The number of benzene rings is 2. The highest BCUT2D eigenvalue weighted by Crippen LogP contribution is 2.28. The Morgan fingerprint density at radius 3 is 2.65 bits per heavy atom. The third-order valence-electron chi connectivity index (χ3n) is 2.86. The van der Waals surface area contributed by atoms with Crippen LogP contribution in [0, 0.1) is 5.82 Å². The van der Waals surface area contributed by atoms with E-state index in [1.165, 1.54) is 6.07 Å². The molecule has 0 saturated heterocycles. The van der Waals surface area contributed by atoms with Gasteiger partial charge in [-0.2, -0.15) is 0 Å². The van der Waals surface area contributed by atoms with Gasteiger partial charge in [0.05, 0.1) is 9.50 Å². The molecule has 0 unspecified atom stereocenters. The molecule has 2 N–H and O–H groups in total. The molecule has 5 heteroatoms. The SMILES string of the molecule is C[C@H](N)c1ccc(OCc2ccc(F)c(Br)c2)c(Cl)c1. The van der Waals surface area contributed by atoms with Crippen LogP contribution in [0.3, 0.4) is 0 Å². The smallest absolute Gasteiger partial charge is 0.138 e. The monoisotopic (exact) mass is 357 g/mol. The van der Waals surface area contributed by atoms with Gasteiger partial charge in [-0.1, -0.05) is 23.7 Å². The molecular weight excluding hydrogens is 345 g/mol. The van der Waals surface area contributed by atoms with E-state index in [2.05, 4.69) is 15.9 Å². The number of halogens is 3. The van der Waals surface area contributed by atoms with Crippen molar-refractivity contribution in [1.29, 1.82) is 0 Å². The normalized spacial score (nSPS) is 12.2. The number of hydrogen-bond acceptors (Lipinski definition) is 2. The summed E-state index contributed by atoms with van der Waals surface area (Å²) < 4.78 is 19.2. The van der Waals surface area contributed by atoms with Crippen LogP contribution in [0.15, 0.2) is 40.9 Å². The maximum atomic E-state index is 13.1. The second-order valence-electron chi connectivity index (χ2n) is 4.52. The Kier molecular flexibility index (Phi) is 5.02. The Hall–Kier alpha value is -1.10. The van der Waals surface area contributed by atoms with E-state index in [0.717, 1.165) is 11.1 Å². The first-order chi connectivity index (χ1) is 9.47. The summed E-state index contributed by atoms with van der Waals surface area (Å²) in [5, 5.41) is 0.515. The topological polar surface area (TPSA) is 35.2 Å². The zero-order chi connectivity index (χ0) is 14.7. The molecule has 0 aliphatic heterocycles. The van der Waals surface area contributed by atoms with E-state index < -0.39 is 0 Å². The lowest BCUT2D eigenvalue weighted by Gasteiger charge is -2.11. The minimum atomic E-state index is -0.298. The number of nitrogens with two attached hydrogens (primary N) is 1. The maximum absolute atomic E-state index is 13.1. The third kappa shape index (κ3) is 3.72. The van der Waals surface area contributed by atoms with E-state index in [1.54, 1.807) is 24.3 Å². The Morgan fingerprint density at radius 2 is 2.05 bits per heavy atom. The van der Waals surface area contributed by atoms with Crippen LogP contribution in [0.4, 0.5) is 4.39 Å². The van der Waals surface area contributed by atoms with Crippen molar-refractivity contribution in [3.05, 3.63) is 62.8 Å². The molecule has 0 bridgehead atoms. The molecule has 0 amide bonds. The molecule has 2 nitrogen and oxygen atoms in total. The number of rotatable bonds is 4. The summed E-state index contributed by atoms with van der Waals surface area (Å²) in [6, 6.07) is 10.1.